The molecule has 0 aliphatic rings. The zero-order chi connectivity index (χ0) is 25.9. The minimum Gasteiger partial charge on any atom is -0.493 e. The topological polar surface area (TPSA) is 68.2 Å². The first kappa shape index (κ1) is 25.8. The van der Waals surface area contributed by atoms with Crippen molar-refractivity contribution < 1.29 is 24.1 Å². The van der Waals surface area contributed by atoms with Gasteiger partial charge in [-0.2, -0.15) is 0 Å². The average molecular weight is 498 g/mol. The highest BCUT2D eigenvalue weighted by Crippen LogP contribution is 2.30. The van der Waals surface area contributed by atoms with Crippen molar-refractivity contribution in [3.05, 3.63) is 120 Å². The van der Waals surface area contributed by atoms with E-state index >= 15 is 0 Å². The third kappa shape index (κ3) is 8.12. The molecule has 0 aliphatic heterocycles. The summed E-state index contributed by atoms with van der Waals surface area (Å²) in [6.07, 6.45) is 0.0512. The lowest BCUT2D eigenvalue weighted by Gasteiger charge is -2.23. The number of nitrogens with zero attached hydrogens (tertiary/aromatic N) is 1. The third-order valence-electron chi connectivity index (χ3n) is 5.80. The smallest absolute Gasteiger partial charge is 0.304 e. The highest BCUT2D eigenvalue weighted by molar-refractivity contribution is 5.66. The van der Waals surface area contributed by atoms with Gasteiger partial charge in [-0.3, -0.25) is 9.69 Å². The fraction of sp³-hybridized carbons (Fsp3) is 0.194. The van der Waals surface area contributed by atoms with Crippen molar-refractivity contribution in [3.8, 4) is 23.0 Å². The lowest BCUT2D eigenvalue weighted by Crippen LogP contribution is -2.25. The minimum absolute atomic E-state index is 0.0512. The van der Waals surface area contributed by atoms with Gasteiger partial charge in [-0.15, -0.1) is 0 Å². The van der Waals surface area contributed by atoms with Gasteiger partial charge in [-0.1, -0.05) is 66.7 Å². The van der Waals surface area contributed by atoms with E-state index in [2.05, 4.69) is 4.90 Å². The maximum absolute atomic E-state index is 11.3. The molecule has 190 valence electrons. The maximum Gasteiger partial charge on any atom is 0.304 e. The lowest BCUT2D eigenvalue weighted by atomic mass is 10.1. The van der Waals surface area contributed by atoms with Gasteiger partial charge < -0.3 is 19.3 Å². The molecule has 4 aromatic rings. The van der Waals surface area contributed by atoms with Gasteiger partial charge in [-0.05, 0) is 53.1 Å². The number of ether oxygens (including phenoxy) is 3. The quantitative estimate of drug-likeness (QED) is 0.226. The van der Waals surface area contributed by atoms with Gasteiger partial charge in [0.15, 0.2) is 11.5 Å². The number of benzene rings is 4. The number of hydrogen-bond donors (Lipinski definition) is 1. The Bertz CT molecular complexity index is 1280. The number of rotatable bonds is 13. The summed E-state index contributed by atoms with van der Waals surface area (Å²) in [5.41, 5.74) is 3.12. The van der Waals surface area contributed by atoms with Crippen LogP contribution in [0.4, 0.5) is 0 Å². The van der Waals surface area contributed by atoms with Crippen LogP contribution in [0.1, 0.15) is 23.1 Å². The van der Waals surface area contributed by atoms with E-state index in [0.29, 0.717) is 37.7 Å². The molecule has 6 nitrogen and oxygen atoms in total. The number of aliphatic carboxylic acids is 1. The van der Waals surface area contributed by atoms with Gasteiger partial charge in [-0.25, -0.2) is 0 Å². The van der Waals surface area contributed by atoms with Gasteiger partial charge >= 0.3 is 5.97 Å². The van der Waals surface area contributed by atoms with E-state index in [1.165, 1.54) is 0 Å². The highest BCUT2D eigenvalue weighted by atomic mass is 16.5. The molecular formula is C31H31NO5. The van der Waals surface area contributed by atoms with Crippen LogP contribution in [0.2, 0.25) is 0 Å². The number of carboxylic acids is 1. The standard InChI is InChI=1S/C31H31NO5/c1-35-30-20-26(15-16-29(30)36-23-24-9-4-2-5-10-24)22-32(18-17-31(33)34)21-25-11-8-14-28(19-25)37-27-12-6-3-7-13-27/h2-16,19-20H,17-18,21-23H2,1H3,(H,33,34). The molecule has 0 amide bonds. The summed E-state index contributed by atoms with van der Waals surface area (Å²) in [6, 6.07) is 33.3. The molecule has 0 bridgehead atoms. The van der Waals surface area contributed by atoms with Crippen LogP contribution in [0.3, 0.4) is 0 Å². The molecule has 6 heteroatoms. The predicted molar refractivity (Wildman–Crippen MR) is 143 cm³/mol. The van der Waals surface area contributed by atoms with Crippen LogP contribution in [-0.4, -0.2) is 29.6 Å². The summed E-state index contributed by atoms with van der Waals surface area (Å²) < 4.78 is 17.5. The first-order valence-corrected chi connectivity index (χ1v) is 12.2. The molecule has 37 heavy (non-hydrogen) atoms. The molecule has 0 saturated heterocycles. The van der Waals surface area contributed by atoms with Gasteiger partial charge in [0.05, 0.1) is 13.5 Å². The van der Waals surface area contributed by atoms with Gasteiger partial charge in [0.25, 0.3) is 0 Å². The van der Waals surface area contributed by atoms with Crippen LogP contribution >= 0.6 is 0 Å². The maximum atomic E-state index is 11.3. The lowest BCUT2D eigenvalue weighted by molar-refractivity contribution is -0.137. The normalized spacial score (nSPS) is 10.8. The Labute approximate surface area is 217 Å². The van der Waals surface area contributed by atoms with E-state index in [9.17, 15) is 9.90 Å². The molecule has 0 radical (unpaired) electrons. The molecule has 4 aromatic carbocycles. The monoisotopic (exact) mass is 497 g/mol. The van der Waals surface area contributed by atoms with E-state index < -0.39 is 5.97 Å². The summed E-state index contributed by atoms with van der Waals surface area (Å²) in [5, 5.41) is 9.29. The van der Waals surface area contributed by atoms with Crippen LogP contribution in [0.25, 0.3) is 0 Å². The molecule has 1 N–H and O–H groups in total. The Kier molecular flexibility index (Phi) is 9.16. The third-order valence-corrected chi connectivity index (χ3v) is 5.80. The van der Waals surface area contributed by atoms with Crippen LogP contribution in [0.5, 0.6) is 23.0 Å². The second kappa shape index (κ2) is 13.1. The molecule has 0 spiro atoms. The van der Waals surface area contributed by atoms with Crippen LogP contribution in [-0.2, 0) is 24.5 Å². The highest BCUT2D eigenvalue weighted by Gasteiger charge is 2.13. The Morgan fingerprint density at radius 2 is 1.38 bits per heavy atom. The molecule has 0 saturated carbocycles. The molecule has 0 aliphatic carbocycles. The fourth-order valence-corrected chi connectivity index (χ4v) is 3.98. The number of carboxylic acid groups (broad SMARTS) is 1. The molecule has 0 heterocycles. The number of methoxy groups -OCH3 is 1. The SMILES string of the molecule is COc1cc(CN(CCC(=O)O)Cc2cccc(Oc3ccccc3)c2)ccc1OCc1ccccc1. The Morgan fingerprint density at radius 3 is 2.08 bits per heavy atom. The molecule has 0 aromatic heterocycles. The predicted octanol–water partition coefficient (Wildman–Crippen LogP) is 6.54. The van der Waals surface area contributed by atoms with Crippen molar-refractivity contribution in [3.63, 3.8) is 0 Å². The van der Waals surface area contributed by atoms with Crippen molar-refractivity contribution in [2.75, 3.05) is 13.7 Å². The van der Waals surface area contributed by atoms with E-state index in [1.807, 2.05) is 103 Å². The second-order valence-corrected chi connectivity index (χ2v) is 8.68. The van der Waals surface area contributed by atoms with Gasteiger partial charge in [0, 0.05) is 19.6 Å². The van der Waals surface area contributed by atoms with E-state index in [-0.39, 0.29) is 6.42 Å². The van der Waals surface area contributed by atoms with Crippen LogP contribution < -0.4 is 14.2 Å². The van der Waals surface area contributed by atoms with Gasteiger partial charge in [0.2, 0.25) is 0 Å². The Hall–Kier alpha value is -4.29. The Balaban J connectivity index is 1.45. The van der Waals surface area contributed by atoms with Crippen molar-refractivity contribution in [1.29, 1.82) is 0 Å². The van der Waals surface area contributed by atoms with Crippen molar-refractivity contribution in [2.24, 2.45) is 0 Å². The van der Waals surface area contributed by atoms with Crippen molar-refractivity contribution >= 4 is 5.97 Å². The molecule has 0 unspecified atom stereocenters. The molecule has 0 atom stereocenters. The summed E-state index contributed by atoms with van der Waals surface area (Å²) in [5.74, 6) is 1.99. The molecular weight excluding hydrogens is 466 g/mol. The first-order valence-electron chi connectivity index (χ1n) is 12.2. The summed E-state index contributed by atoms with van der Waals surface area (Å²) in [6.45, 7) is 2.00. The number of para-hydroxylation sites is 1. The zero-order valence-electron chi connectivity index (χ0n) is 20.9. The second-order valence-electron chi connectivity index (χ2n) is 8.68. The first-order chi connectivity index (χ1) is 18.1. The van der Waals surface area contributed by atoms with E-state index in [4.69, 9.17) is 14.2 Å². The van der Waals surface area contributed by atoms with E-state index in [0.717, 1.165) is 28.2 Å². The van der Waals surface area contributed by atoms with Gasteiger partial charge in [0.1, 0.15) is 18.1 Å². The summed E-state index contributed by atoms with van der Waals surface area (Å²) >= 11 is 0. The fourth-order valence-electron chi connectivity index (χ4n) is 3.98. The van der Waals surface area contributed by atoms with Crippen molar-refractivity contribution in [2.45, 2.75) is 26.1 Å². The number of hydrogen-bond acceptors (Lipinski definition) is 5. The largest absolute Gasteiger partial charge is 0.493 e. The van der Waals surface area contributed by atoms with E-state index in [1.54, 1.807) is 7.11 Å². The zero-order valence-corrected chi connectivity index (χ0v) is 20.9. The van der Waals surface area contributed by atoms with Crippen molar-refractivity contribution in [1.82, 2.24) is 4.90 Å². The van der Waals surface area contributed by atoms with Crippen LogP contribution in [0, 0.1) is 0 Å². The average Bonchev–Trinajstić information content (AvgIpc) is 2.92. The van der Waals surface area contributed by atoms with Crippen LogP contribution in [0.15, 0.2) is 103 Å². The molecule has 0 fully saturated rings. The summed E-state index contributed by atoms with van der Waals surface area (Å²) in [7, 11) is 1.62. The Morgan fingerprint density at radius 1 is 0.730 bits per heavy atom. The minimum atomic E-state index is -0.826. The summed E-state index contributed by atoms with van der Waals surface area (Å²) in [4.78, 5) is 13.4. The number of carbonyl (C=O) groups is 1. The molecule has 4 rings (SSSR count).